The van der Waals surface area contributed by atoms with Gasteiger partial charge in [-0.3, -0.25) is 4.68 Å². The number of hydrogen-bond donors (Lipinski definition) is 1. The van der Waals surface area contributed by atoms with Gasteiger partial charge in [0.15, 0.2) is 0 Å². The number of imidazole rings is 1. The average molecular weight is 346 g/mol. The molecule has 25 heavy (non-hydrogen) atoms. The summed E-state index contributed by atoms with van der Waals surface area (Å²) in [6, 6.07) is 0. The molecule has 1 aliphatic heterocycles. The van der Waals surface area contributed by atoms with Crippen LogP contribution in [0, 0.1) is 19.8 Å². The van der Waals surface area contributed by atoms with Crippen LogP contribution in [0.25, 0.3) is 0 Å². The topological polar surface area (TPSA) is 60.1 Å². The molecule has 1 atom stereocenters. The maximum absolute atomic E-state index is 5.49. The van der Waals surface area contributed by atoms with E-state index in [4.69, 9.17) is 4.74 Å². The van der Waals surface area contributed by atoms with Crippen LogP contribution < -0.4 is 10.2 Å². The zero-order valence-corrected chi connectivity index (χ0v) is 15.8. The van der Waals surface area contributed by atoms with Gasteiger partial charge in [0.2, 0.25) is 0 Å². The Kier molecular flexibility index (Phi) is 5.75. The Bertz CT molecular complexity index is 686. The lowest BCUT2D eigenvalue weighted by Gasteiger charge is -2.29. The minimum Gasteiger partial charge on any atom is -0.378 e. The molecule has 7 heteroatoms. The van der Waals surface area contributed by atoms with Gasteiger partial charge in [-0.15, -0.1) is 0 Å². The molecule has 1 N–H and O–H groups in total. The van der Waals surface area contributed by atoms with Crippen molar-refractivity contribution in [3.8, 4) is 0 Å². The Hall–Kier alpha value is -1.86. The first-order chi connectivity index (χ1) is 12.1. The molecule has 1 aliphatic rings. The first-order valence-corrected chi connectivity index (χ1v) is 9.10. The third-order valence-electron chi connectivity index (χ3n) is 4.85. The second-order valence-corrected chi connectivity index (χ2v) is 6.97. The predicted octanol–water partition coefficient (Wildman–Crippen LogP) is 1.50. The second-order valence-electron chi connectivity index (χ2n) is 6.97. The Morgan fingerprint density at radius 1 is 1.28 bits per heavy atom. The van der Waals surface area contributed by atoms with Crippen molar-refractivity contribution in [3.05, 3.63) is 29.5 Å². The summed E-state index contributed by atoms with van der Waals surface area (Å²) in [6.45, 7) is 12.7. The van der Waals surface area contributed by atoms with Crippen LogP contribution in [0.15, 0.2) is 12.4 Å². The smallest absolute Gasteiger partial charge is 0.131 e. The van der Waals surface area contributed by atoms with Gasteiger partial charge in [-0.25, -0.2) is 4.98 Å². The number of nitrogens with zero attached hydrogens (tertiary/aromatic N) is 5. The Balaban J connectivity index is 1.58. The third kappa shape index (κ3) is 4.22. The molecule has 3 rings (SSSR count). The summed E-state index contributed by atoms with van der Waals surface area (Å²) in [5, 5.41) is 8.26. The van der Waals surface area contributed by atoms with Gasteiger partial charge in [-0.05, 0) is 26.3 Å². The van der Waals surface area contributed by atoms with Crippen molar-refractivity contribution in [2.45, 2.75) is 33.9 Å². The van der Waals surface area contributed by atoms with Gasteiger partial charge in [0.25, 0.3) is 0 Å². The number of nitrogens with one attached hydrogen (secondary N) is 1. The van der Waals surface area contributed by atoms with Gasteiger partial charge in [-0.2, -0.15) is 5.10 Å². The molecule has 0 bridgehead atoms. The summed E-state index contributed by atoms with van der Waals surface area (Å²) in [5.74, 6) is 2.84. The number of hydrogen-bond acceptors (Lipinski definition) is 5. The maximum atomic E-state index is 5.49. The molecule has 7 nitrogen and oxygen atoms in total. The van der Waals surface area contributed by atoms with E-state index in [2.05, 4.69) is 38.7 Å². The van der Waals surface area contributed by atoms with E-state index in [1.54, 1.807) is 0 Å². The molecule has 0 radical (unpaired) electrons. The molecule has 1 fully saturated rings. The van der Waals surface area contributed by atoms with Crippen molar-refractivity contribution in [2.24, 2.45) is 13.0 Å². The molecule has 1 unspecified atom stereocenters. The summed E-state index contributed by atoms with van der Waals surface area (Å²) in [6.07, 6.45) is 3.91. The van der Waals surface area contributed by atoms with Crippen molar-refractivity contribution in [3.63, 3.8) is 0 Å². The lowest BCUT2D eigenvalue weighted by atomic mass is 10.1. The minimum atomic E-state index is 0.539. The number of morpholine rings is 1. The van der Waals surface area contributed by atoms with E-state index in [0.29, 0.717) is 5.92 Å². The van der Waals surface area contributed by atoms with E-state index >= 15 is 0 Å². The van der Waals surface area contributed by atoms with Gasteiger partial charge in [0.05, 0.1) is 18.9 Å². The van der Waals surface area contributed by atoms with E-state index in [1.807, 2.05) is 31.0 Å². The number of aromatic nitrogens is 4. The lowest BCUT2D eigenvalue weighted by molar-refractivity contribution is 0.122. The van der Waals surface area contributed by atoms with Gasteiger partial charge in [0.1, 0.15) is 11.6 Å². The van der Waals surface area contributed by atoms with Crippen molar-refractivity contribution in [1.82, 2.24) is 24.6 Å². The normalized spacial score (nSPS) is 16.4. The fraction of sp³-hybridized carbons (Fsp3) is 0.667. The molecule has 0 aliphatic carbocycles. The van der Waals surface area contributed by atoms with E-state index < -0.39 is 0 Å². The summed E-state index contributed by atoms with van der Waals surface area (Å²) < 4.78 is 9.70. The molecule has 0 aromatic carbocycles. The van der Waals surface area contributed by atoms with Crippen LogP contribution in [-0.2, 0) is 24.9 Å². The maximum Gasteiger partial charge on any atom is 0.131 e. The summed E-state index contributed by atoms with van der Waals surface area (Å²) in [4.78, 5) is 6.68. The predicted molar refractivity (Wildman–Crippen MR) is 98.8 cm³/mol. The highest BCUT2D eigenvalue weighted by Crippen LogP contribution is 2.24. The first kappa shape index (κ1) is 17.9. The highest BCUT2D eigenvalue weighted by molar-refractivity contribution is 5.50. The molecular weight excluding hydrogens is 316 g/mol. The van der Waals surface area contributed by atoms with Crippen LogP contribution in [0.1, 0.15) is 24.0 Å². The molecule has 0 amide bonds. The van der Waals surface area contributed by atoms with Crippen LogP contribution in [0.3, 0.4) is 0 Å². The van der Waals surface area contributed by atoms with Gasteiger partial charge >= 0.3 is 0 Å². The fourth-order valence-corrected chi connectivity index (χ4v) is 3.51. The average Bonchev–Trinajstić information content (AvgIpc) is 3.11. The number of ether oxygens (including phenoxy) is 1. The van der Waals surface area contributed by atoms with Gasteiger partial charge in [-0.1, -0.05) is 6.92 Å². The van der Waals surface area contributed by atoms with E-state index in [1.165, 1.54) is 11.4 Å². The van der Waals surface area contributed by atoms with E-state index in [9.17, 15) is 0 Å². The summed E-state index contributed by atoms with van der Waals surface area (Å²) >= 11 is 0. The second kappa shape index (κ2) is 8.01. The van der Waals surface area contributed by atoms with Gasteiger partial charge in [0, 0.05) is 51.2 Å². The van der Waals surface area contributed by atoms with Gasteiger partial charge < -0.3 is 19.5 Å². The van der Waals surface area contributed by atoms with Crippen LogP contribution >= 0.6 is 0 Å². The minimum absolute atomic E-state index is 0.539. The molecule has 2 aromatic rings. The van der Waals surface area contributed by atoms with E-state index in [-0.39, 0.29) is 0 Å². The zero-order valence-electron chi connectivity index (χ0n) is 15.8. The molecule has 2 aromatic heterocycles. The lowest BCUT2D eigenvalue weighted by Crippen LogP contribution is -2.38. The molecule has 0 saturated carbocycles. The SMILES string of the molecule is Cc1nn(C)c(N2CCOCC2)c1CNCC(C)Cn1ccnc1C. The number of rotatable bonds is 7. The largest absolute Gasteiger partial charge is 0.378 e. The zero-order chi connectivity index (χ0) is 17.8. The van der Waals surface area contributed by atoms with Crippen molar-refractivity contribution in [2.75, 3.05) is 37.7 Å². The van der Waals surface area contributed by atoms with E-state index in [0.717, 1.165) is 57.5 Å². The number of aryl methyl sites for hydroxylation is 3. The van der Waals surface area contributed by atoms with Crippen LogP contribution in [0.5, 0.6) is 0 Å². The highest BCUT2D eigenvalue weighted by atomic mass is 16.5. The van der Waals surface area contributed by atoms with Crippen molar-refractivity contribution >= 4 is 5.82 Å². The monoisotopic (exact) mass is 346 g/mol. The van der Waals surface area contributed by atoms with Crippen molar-refractivity contribution < 1.29 is 4.74 Å². The summed E-state index contributed by atoms with van der Waals surface area (Å²) in [5.41, 5.74) is 2.41. The number of anilines is 1. The quantitative estimate of drug-likeness (QED) is 0.823. The Morgan fingerprint density at radius 2 is 2.04 bits per heavy atom. The first-order valence-electron chi connectivity index (χ1n) is 9.10. The summed E-state index contributed by atoms with van der Waals surface area (Å²) in [7, 11) is 2.03. The molecule has 1 saturated heterocycles. The van der Waals surface area contributed by atoms with Crippen molar-refractivity contribution in [1.29, 1.82) is 0 Å². The molecule has 0 spiro atoms. The van der Waals surface area contributed by atoms with Crippen LogP contribution in [0.4, 0.5) is 5.82 Å². The molecular formula is C18H30N6O. The van der Waals surface area contributed by atoms with Crippen LogP contribution in [-0.4, -0.2) is 52.2 Å². The Labute approximate surface area is 150 Å². The fourth-order valence-electron chi connectivity index (χ4n) is 3.51. The Morgan fingerprint density at radius 3 is 2.72 bits per heavy atom. The molecule has 3 heterocycles. The van der Waals surface area contributed by atoms with Crippen LogP contribution in [0.2, 0.25) is 0 Å². The molecule has 138 valence electrons. The third-order valence-corrected chi connectivity index (χ3v) is 4.85. The standard InChI is InChI=1S/C18H30N6O/c1-14(13-24-6-5-20-16(24)3)11-19-12-17-15(2)21-22(4)18(17)23-7-9-25-10-8-23/h5-6,14,19H,7-13H2,1-4H3. The highest BCUT2D eigenvalue weighted by Gasteiger charge is 2.21.